The van der Waals surface area contributed by atoms with Crippen molar-refractivity contribution < 1.29 is 24.5 Å². The van der Waals surface area contributed by atoms with Crippen LogP contribution in [0.5, 0.6) is 0 Å². The van der Waals surface area contributed by atoms with Crippen molar-refractivity contribution in [1.82, 2.24) is 5.32 Å². The molecule has 6 nitrogen and oxygen atoms in total. The van der Waals surface area contributed by atoms with Crippen molar-refractivity contribution in [3.05, 3.63) is 59.7 Å². The zero-order chi connectivity index (χ0) is 18.5. The van der Waals surface area contributed by atoms with E-state index >= 15 is 0 Å². The summed E-state index contributed by atoms with van der Waals surface area (Å²) < 4.78 is 5.32. The van der Waals surface area contributed by atoms with Gasteiger partial charge in [0.05, 0.1) is 0 Å². The maximum absolute atomic E-state index is 12.0. The van der Waals surface area contributed by atoms with Gasteiger partial charge in [-0.05, 0) is 35.1 Å². The lowest BCUT2D eigenvalue weighted by molar-refractivity contribution is -0.139. The van der Waals surface area contributed by atoms with Crippen LogP contribution in [0.15, 0.2) is 48.5 Å². The fraction of sp³-hybridized carbons (Fsp3) is 0.300. The average molecular weight is 355 g/mol. The number of nitrogens with one attached hydrogen (secondary N) is 1. The number of ether oxygens (including phenoxy) is 1. The number of aliphatic hydroxyl groups excluding tert-OH is 1. The first-order valence-electron chi connectivity index (χ1n) is 8.57. The van der Waals surface area contributed by atoms with E-state index in [9.17, 15) is 9.59 Å². The second-order valence-electron chi connectivity index (χ2n) is 6.23. The average Bonchev–Trinajstić information content (AvgIpc) is 2.97. The Labute approximate surface area is 151 Å². The molecule has 1 aliphatic rings. The lowest BCUT2D eigenvalue weighted by atomic mass is 9.98. The van der Waals surface area contributed by atoms with Crippen molar-refractivity contribution in [3.8, 4) is 11.1 Å². The van der Waals surface area contributed by atoms with Gasteiger partial charge in [0.25, 0.3) is 0 Å². The van der Waals surface area contributed by atoms with Gasteiger partial charge < -0.3 is 20.3 Å². The molecule has 3 N–H and O–H groups in total. The zero-order valence-electron chi connectivity index (χ0n) is 14.2. The van der Waals surface area contributed by atoms with E-state index in [1.807, 2.05) is 48.5 Å². The number of hydrogen-bond donors (Lipinski definition) is 3. The predicted molar refractivity (Wildman–Crippen MR) is 95.9 cm³/mol. The summed E-state index contributed by atoms with van der Waals surface area (Å²) in [5, 5.41) is 20.3. The van der Waals surface area contributed by atoms with Crippen LogP contribution < -0.4 is 5.32 Å². The molecule has 2 aromatic rings. The summed E-state index contributed by atoms with van der Waals surface area (Å²) in [5.41, 5.74) is 4.44. The van der Waals surface area contributed by atoms with Gasteiger partial charge in [-0.1, -0.05) is 48.5 Å². The summed E-state index contributed by atoms with van der Waals surface area (Å²) in [6.07, 6.45) is -0.325. The van der Waals surface area contributed by atoms with Gasteiger partial charge in [0.15, 0.2) is 0 Å². The minimum absolute atomic E-state index is 0.0751. The molecule has 1 atom stereocenters. The third-order valence-electron chi connectivity index (χ3n) is 4.58. The van der Waals surface area contributed by atoms with Crippen LogP contribution in [0.2, 0.25) is 0 Å². The van der Waals surface area contributed by atoms with Gasteiger partial charge >= 0.3 is 12.1 Å². The van der Waals surface area contributed by atoms with E-state index in [1.165, 1.54) is 0 Å². The van der Waals surface area contributed by atoms with Crippen LogP contribution in [0.1, 0.15) is 29.9 Å². The maximum Gasteiger partial charge on any atom is 0.407 e. The molecule has 1 aliphatic carbocycles. The number of carbonyl (C=O) groups is 2. The van der Waals surface area contributed by atoms with Gasteiger partial charge in [-0.15, -0.1) is 0 Å². The molecule has 3 rings (SSSR count). The summed E-state index contributed by atoms with van der Waals surface area (Å²) in [6, 6.07) is 14.9. The van der Waals surface area contributed by atoms with Crippen molar-refractivity contribution >= 4 is 12.1 Å². The van der Waals surface area contributed by atoms with Crippen molar-refractivity contribution in [2.24, 2.45) is 0 Å². The molecule has 6 heteroatoms. The van der Waals surface area contributed by atoms with Gasteiger partial charge in [0, 0.05) is 12.5 Å². The molecule has 136 valence electrons. The minimum atomic E-state index is -1.15. The molecule has 2 aromatic carbocycles. The lowest BCUT2D eigenvalue weighted by Gasteiger charge is -2.17. The van der Waals surface area contributed by atoms with Crippen LogP contribution in [0.25, 0.3) is 11.1 Å². The van der Waals surface area contributed by atoms with Crippen molar-refractivity contribution in [1.29, 1.82) is 0 Å². The topological polar surface area (TPSA) is 95.9 Å². The Morgan fingerprint density at radius 2 is 1.62 bits per heavy atom. The molecule has 0 bridgehead atoms. The van der Waals surface area contributed by atoms with E-state index in [0.717, 1.165) is 22.3 Å². The Kier molecular flexibility index (Phi) is 5.53. The smallest absolute Gasteiger partial charge is 0.407 e. The number of rotatable bonds is 7. The fourth-order valence-corrected chi connectivity index (χ4v) is 3.34. The third kappa shape index (κ3) is 3.70. The Balaban J connectivity index is 1.68. The standard InChI is InChI=1S/C20H21NO5/c22-11-5-10-18(19(23)24)21-20(25)26-12-17-15-8-3-1-6-13(15)14-7-2-4-9-16(14)17/h1-4,6-9,17-18,22H,5,10-12H2,(H,21,25)(H,23,24)/t18-/m1/s1. The Morgan fingerprint density at radius 1 is 1.04 bits per heavy atom. The number of aliphatic carboxylic acids is 1. The molecule has 0 radical (unpaired) electrons. The molecule has 0 saturated heterocycles. The summed E-state index contributed by atoms with van der Waals surface area (Å²) in [4.78, 5) is 23.2. The molecule has 0 fully saturated rings. The van der Waals surface area contributed by atoms with Crippen LogP contribution in [0, 0.1) is 0 Å². The van der Waals surface area contributed by atoms with Crippen LogP contribution in [-0.2, 0) is 9.53 Å². The number of fused-ring (bicyclic) bond motifs is 3. The third-order valence-corrected chi connectivity index (χ3v) is 4.58. The van der Waals surface area contributed by atoms with Crippen molar-refractivity contribution in [2.45, 2.75) is 24.8 Å². The van der Waals surface area contributed by atoms with Crippen LogP contribution in [0.3, 0.4) is 0 Å². The molecule has 0 unspecified atom stereocenters. The number of carboxylic acids is 1. The van der Waals surface area contributed by atoms with E-state index in [4.69, 9.17) is 14.9 Å². The summed E-state index contributed by atoms with van der Waals surface area (Å²) in [5.74, 6) is -1.22. The molecule has 0 aliphatic heterocycles. The van der Waals surface area contributed by atoms with Crippen molar-refractivity contribution in [2.75, 3.05) is 13.2 Å². The Morgan fingerprint density at radius 3 is 2.15 bits per heavy atom. The van der Waals surface area contributed by atoms with Gasteiger partial charge in [-0.3, -0.25) is 0 Å². The number of amides is 1. The first-order valence-corrected chi connectivity index (χ1v) is 8.57. The highest BCUT2D eigenvalue weighted by atomic mass is 16.5. The zero-order valence-corrected chi connectivity index (χ0v) is 14.2. The van der Waals surface area contributed by atoms with Gasteiger partial charge in [-0.25, -0.2) is 9.59 Å². The Bertz CT molecular complexity index is 759. The van der Waals surface area contributed by atoms with E-state index < -0.39 is 18.1 Å². The largest absolute Gasteiger partial charge is 0.480 e. The van der Waals surface area contributed by atoms with E-state index in [0.29, 0.717) is 6.42 Å². The monoisotopic (exact) mass is 355 g/mol. The number of benzene rings is 2. The highest BCUT2D eigenvalue weighted by Crippen LogP contribution is 2.44. The van der Waals surface area contributed by atoms with E-state index in [-0.39, 0.29) is 25.6 Å². The quantitative estimate of drug-likeness (QED) is 0.710. The number of alkyl carbamates (subject to hydrolysis) is 1. The number of aliphatic hydroxyl groups is 1. The molecule has 0 aromatic heterocycles. The maximum atomic E-state index is 12.0. The Hall–Kier alpha value is -2.86. The molecule has 0 heterocycles. The van der Waals surface area contributed by atoms with Crippen LogP contribution >= 0.6 is 0 Å². The normalized spacial score (nSPS) is 13.6. The SMILES string of the molecule is O=C(N[C@H](CCCO)C(=O)O)OCC1c2ccccc2-c2ccccc21. The molecular weight excluding hydrogens is 334 g/mol. The number of carbonyl (C=O) groups excluding carboxylic acids is 1. The van der Waals surface area contributed by atoms with Gasteiger partial charge in [0.1, 0.15) is 12.6 Å². The molecule has 26 heavy (non-hydrogen) atoms. The molecule has 1 amide bonds. The summed E-state index contributed by atoms with van der Waals surface area (Å²) in [7, 11) is 0. The second-order valence-corrected chi connectivity index (χ2v) is 6.23. The lowest BCUT2D eigenvalue weighted by Crippen LogP contribution is -2.41. The minimum Gasteiger partial charge on any atom is -0.480 e. The molecular formula is C20H21NO5. The highest BCUT2D eigenvalue weighted by molar-refractivity contribution is 5.81. The summed E-state index contributed by atoms with van der Waals surface area (Å²) >= 11 is 0. The summed E-state index contributed by atoms with van der Waals surface area (Å²) in [6.45, 7) is 0.00233. The molecule has 0 saturated carbocycles. The van der Waals surface area contributed by atoms with Gasteiger partial charge in [0.2, 0.25) is 0 Å². The van der Waals surface area contributed by atoms with E-state index in [2.05, 4.69) is 5.32 Å². The van der Waals surface area contributed by atoms with Crippen molar-refractivity contribution in [3.63, 3.8) is 0 Å². The second kappa shape index (κ2) is 8.01. The van der Waals surface area contributed by atoms with E-state index in [1.54, 1.807) is 0 Å². The first kappa shape index (κ1) is 17.9. The molecule has 0 spiro atoms. The predicted octanol–water partition coefficient (Wildman–Crippen LogP) is 2.75. The first-order chi connectivity index (χ1) is 12.6. The fourth-order valence-electron chi connectivity index (χ4n) is 3.34. The number of hydrogen-bond acceptors (Lipinski definition) is 4. The van der Waals surface area contributed by atoms with Gasteiger partial charge in [-0.2, -0.15) is 0 Å². The number of carboxylic acid groups (broad SMARTS) is 1. The highest BCUT2D eigenvalue weighted by Gasteiger charge is 2.29. The van der Waals surface area contributed by atoms with Crippen LogP contribution in [0.4, 0.5) is 4.79 Å². The van der Waals surface area contributed by atoms with Crippen LogP contribution in [-0.4, -0.2) is 41.5 Å².